The van der Waals surface area contributed by atoms with Crippen LogP contribution in [0.25, 0.3) is 33.2 Å². The quantitative estimate of drug-likeness (QED) is 0.300. The van der Waals surface area contributed by atoms with E-state index in [-0.39, 0.29) is 17.8 Å². The van der Waals surface area contributed by atoms with E-state index in [1.165, 1.54) is 13.4 Å². The summed E-state index contributed by atoms with van der Waals surface area (Å²) in [5.41, 5.74) is 7.22. The molecule has 1 heterocycles. The van der Waals surface area contributed by atoms with Gasteiger partial charge >= 0.3 is 5.97 Å². The lowest BCUT2D eigenvalue weighted by atomic mass is 9.94. The van der Waals surface area contributed by atoms with Crippen LogP contribution < -0.4 is 0 Å². The number of rotatable bonds is 7. The van der Waals surface area contributed by atoms with Crippen molar-refractivity contribution < 1.29 is 17.9 Å². The van der Waals surface area contributed by atoms with Gasteiger partial charge in [0.05, 0.1) is 23.8 Å². The van der Waals surface area contributed by atoms with Crippen LogP contribution in [0.3, 0.4) is 0 Å². The van der Waals surface area contributed by atoms with Crippen LogP contribution in [0.15, 0.2) is 79.0 Å². The number of esters is 1. The first-order chi connectivity index (χ1) is 17.2. The van der Waals surface area contributed by atoms with Crippen molar-refractivity contribution in [3.8, 4) is 22.3 Å². The van der Waals surface area contributed by atoms with Crippen molar-refractivity contribution in [1.29, 1.82) is 0 Å². The SMILES string of the molecule is COC(=O)C1CC1c1ccc(-c2cccc(-c3cc(CC(C)S(C)(=O)=O)cc4cccnc34)c2)cc1. The van der Waals surface area contributed by atoms with Crippen LogP contribution in [0.2, 0.25) is 0 Å². The van der Waals surface area contributed by atoms with Crippen LogP contribution >= 0.6 is 0 Å². The number of carbonyl (C=O) groups excluding carboxylic acids is 1. The molecule has 0 amide bonds. The highest BCUT2D eigenvalue weighted by atomic mass is 32.2. The number of carbonyl (C=O) groups is 1. The fourth-order valence-corrected chi connectivity index (χ4v) is 5.34. The third kappa shape index (κ3) is 4.91. The first-order valence-electron chi connectivity index (χ1n) is 12.1. The number of hydrogen-bond acceptors (Lipinski definition) is 5. The van der Waals surface area contributed by atoms with Crippen LogP contribution in [0, 0.1) is 5.92 Å². The Morgan fingerprint density at radius 1 is 1.00 bits per heavy atom. The van der Waals surface area contributed by atoms with E-state index in [0.29, 0.717) is 6.42 Å². The summed E-state index contributed by atoms with van der Waals surface area (Å²) in [6, 6.07) is 24.7. The van der Waals surface area contributed by atoms with Gasteiger partial charge in [-0.25, -0.2) is 8.42 Å². The van der Waals surface area contributed by atoms with Crippen molar-refractivity contribution in [1.82, 2.24) is 4.98 Å². The van der Waals surface area contributed by atoms with E-state index in [4.69, 9.17) is 4.74 Å². The zero-order valence-electron chi connectivity index (χ0n) is 20.6. The maximum Gasteiger partial charge on any atom is 0.309 e. The number of pyridine rings is 1. The lowest BCUT2D eigenvalue weighted by Crippen LogP contribution is -2.18. The molecule has 0 radical (unpaired) electrons. The average Bonchev–Trinajstić information content (AvgIpc) is 3.68. The third-order valence-corrected chi connectivity index (χ3v) is 8.79. The second-order valence-corrected chi connectivity index (χ2v) is 12.2. The summed E-state index contributed by atoms with van der Waals surface area (Å²) in [6.45, 7) is 1.75. The second-order valence-electron chi connectivity index (χ2n) is 9.74. The van der Waals surface area contributed by atoms with E-state index in [1.54, 1.807) is 13.1 Å². The Morgan fingerprint density at radius 2 is 1.75 bits per heavy atom. The van der Waals surface area contributed by atoms with Crippen LogP contribution in [-0.4, -0.2) is 38.0 Å². The topological polar surface area (TPSA) is 73.3 Å². The average molecular weight is 500 g/mol. The van der Waals surface area contributed by atoms with Crippen molar-refractivity contribution in [2.75, 3.05) is 13.4 Å². The van der Waals surface area contributed by atoms with Gasteiger partial charge < -0.3 is 4.74 Å². The van der Waals surface area contributed by atoms with Gasteiger partial charge in [0.15, 0.2) is 0 Å². The Morgan fingerprint density at radius 3 is 2.47 bits per heavy atom. The minimum absolute atomic E-state index is 0.0253. The second kappa shape index (κ2) is 9.51. The van der Waals surface area contributed by atoms with Crippen LogP contribution in [0.1, 0.15) is 30.4 Å². The fourth-order valence-electron chi connectivity index (χ4n) is 4.84. The number of aromatic nitrogens is 1. The number of sulfone groups is 1. The Kier molecular flexibility index (Phi) is 6.39. The van der Waals surface area contributed by atoms with Gasteiger partial charge in [-0.1, -0.05) is 48.5 Å². The van der Waals surface area contributed by atoms with Crippen LogP contribution in [0.5, 0.6) is 0 Å². The normalized spacial score (nSPS) is 18.1. The van der Waals surface area contributed by atoms with E-state index >= 15 is 0 Å². The first-order valence-corrected chi connectivity index (χ1v) is 14.0. The molecule has 1 aromatic heterocycles. The van der Waals surface area contributed by atoms with Gasteiger partial charge in [-0.3, -0.25) is 9.78 Å². The molecule has 1 saturated carbocycles. The van der Waals surface area contributed by atoms with E-state index in [1.807, 2.05) is 24.3 Å². The molecular weight excluding hydrogens is 470 g/mol. The molecule has 0 saturated heterocycles. The van der Waals surface area contributed by atoms with E-state index in [0.717, 1.165) is 50.7 Å². The van der Waals surface area contributed by atoms with Crippen molar-refractivity contribution in [3.05, 3.63) is 90.1 Å². The summed E-state index contributed by atoms with van der Waals surface area (Å²) < 4.78 is 29.0. The van der Waals surface area contributed by atoms with Crippen molar-refractivity contribution >= 4 is 26.7 Å². The monoisotopic (exact) mass is 499 g/mol. The predicted molar refractivity (Wildman–Crippen MR) is 143 cm³/mol. The zero-order valence-corrected chi connectivity index (χ0v) is 21.5. The molecule has 0 spiro atoms. The molecule has 1 aliphatic carbocycles. The van der Waals surface area contributed by atoms with Gasteiger partial charge in [-0.2, -0.15) is 0 Å². The van der Waals surface area contributed by atoms with E-state index < -0.39 is 15.1 Å². The number of benzene rings is 3. The highest BCUT2D eigenvalue weighted by Gasteiger charge is 2.44. The van der Waals surface area contributed by atoms with Crippen molar-refractivity contribution in [2.45, 2.75) is 30.9 Å². The largest absolute Gasteiger partial charge is 0.469 e. The van der Waals surface area contributed by atoms with E-state index in [2.05, 4.69) is 53.5 Å². The highest BCUT2D eigenvalue weighted by molar-refractivity contribution is 7.91. The third-order valence-electron chi connectivity index (χ3n) is 7.16. The summed E-state index contributed by atoms with van der Waals surface area (Å²) in [4.78, 5) is 16.4. The molecule has 0 bridgehead atoms. The molecule has 6 heteroatoms. The fraction of sp³-hybridized carbons (Fsp3) is 0.267. The number of hydrogen-bond donors (Lipinski definition) is 0. The standard InChI is InChI=1S/C30H29NO4S/c1-19(36(3,33)34)14-20-15-25-8-5-13-31-29(25)27(16-20)24-7-4-6-23(17-24)21-9-11-22(12-10-21)26-18-28(26)30(32)35-2/h4-13,15-17,19,26,28H,14,18H2,1-3H3. The number of ether oxygens (including phenoxy) is 1. The van der Waals surface area contributed by atoms with Crippen LogP contribution in [-0.2, 0) is 25.8 Å². The molecule has 3 unspecified atom stereocenters. The van der Waals surface area contributed by atoms with Crippen molar-refractivity contribution in [2.24, 2.45) is 5.92 Å². The summed E-state index contributed by atoms with van der Waals surface area (Å²) in [5, 5.41) is 0.527. The molecule has 3 aromatic carbocycles. The van der Waals surface area contributed by atoms with Gasteiger partial charge in [-0.05, 0) is 77.8 Å². The summed E-state index contributed by atoms with van der Waals surface area (Å²) >= 11 is 0. The number of methoxy groups -OCH3 is 1. The molecule has 5 rings (SSSR count). The summed E-state index contributed by atoms with van der Waals surface area (Å²) in [5.74, 6) is 0.0840. The molecule has 1 fully saturated rings. The Hall–Kier alpha value is -3.51. The molecule has 1 aliphatic rings. The Balaban J connectivity index is 1.48. The first kappa shape index (κ1) is 24.2. The van der Waals surface area contributed by atoms with Gasteiger partial charge in [0.2, 0.25) is 0 Å². The van der Waals surface area contributed by atoms with Crippen molar-refractivity contribution in [3.63, 3.8) is 0 Å². The minimum atomic E-state index is -3.13. The molecule has 5 nitrogen and oxygen atoms in total. The summed E-state index contributed by atoms with van der Waals surface area (Å²) in [6.07, 6.45) is 4.36. The molecular formula is C30H29NO4S. The minimum Gasteiger partial charge on any atom is -0.469 e. The maximum atomic E-state index is 12.1. The smallest absolute Gasteiger partial charge is 0.309 e. The maximum absolute atomic E-state index is 12.1. The molecule has 0 N–H and O–H groups in total. The van der Waals surface area contributed by atoms with E-state index in [9.17, 15) is 13.2 Å². The lowest BCUT2D eigenvalue weighted by molar-refractivity contribution is -0.142. The van der Waals surface area contributed by atoms with Gasteiger partial charge in [0.1, 0.15) is 9.84 Å². The molecule has 36 heavy (non-hydrogen) atoms. The Labute approximate surface area is 212 Å². The Bertz CT molecular complexity index is 1540. The highest BCUT2D eigenvalue weighted by Crippen LogP contribution is 2.48. The molecule has 0 aliphatic heterocycles. The number of nitrogens with zero attached hydrogens (tertiary/aromatic N) is 1. The lowest BCUT2D eigenvalue weighted by Gasteiger charge is -2.14. The van der Waals surface area contributed by atoms with Gasteiger partial charge in [-0.15, -0.1) is 0 Å². The zero-order chi connectivity index (χ0) is 25.4. The molecule has 3 atom stereocenters. The van der Waals surface area contributed by atoms with Gasteiger partial charge in [0.25, 0.3) is 0 Å². The van der Waals surface area contributed by atoms with Gasteiger partial charge in [0, 0.05) is 23.4 Å². The molecule has 184 valence electrons. The predicted octanol–water partition coefficient (Wildman–Crippen LogP) is 5.82. The van der Waals surface area contributed by atoms with Crippen LogP contribution in [0.4, 0.5) is 0 Å². The summed E-state index contributed by atoms with van der Waals surface area (Å²) in [7, 11) is -1.69. The molecule has 4 aromatic rings. The number of fused-ring (bicyclic) bond motifs is 1.